The third-order valence-corrected chi connectivity index (χ3v) is 4.11. The number of halogens is 1. The maximum absolute atomic E-state index is 6.20. The summed E-state index contributed by atoms with van der Waals surface area (Å²) in [6.45, 7) is 11.8. The lowest BCUT2D eigenvalue weighted by atomic mass is 9.79. The molecule has 4 heteroatoms. The van der Waals surface area contributed by atoms with E-state index in [1.54, 1.807) is 6.08 Å². The Bertz CT molecular complexity index is 462. The highest BCUT2D eigenvalue weighted by Crippen LogP contribution is 2.30. The van der Waals surface area contributed by atoms with Gasteiger partial charge in [-0.1, -0.05) is 44.7 Å². The van der Waals surface area contributed by atoms with Crippen LogP contribution in [0.1, 0.15) is 25.8 Å². The van der Waals surface area contributed by atoms with E-state index in [9.17, 15) is 0 Å². The van der Waals surface area contributed by atoms with Crippen molar-refractivity contribution in [3.05, 3.63) is 42.5 Å². The summed E-state index contributed by atoms with van der Waals surface area (Å²) in [7, 11) is 0. The van der Waals surface area contributed by atoms with E-state index < -0.39 is 0 Å². The number of hydrogen-bond donors (Lipinski definition) is 1. The zero-order chi connectivity index (χ0) is 14.6. The van der Waals surface area contributed by atoms with Gasteiger partial charge in [0.05, 0.1) is 0 Å². The molecule has 0 spiro atoms. The average molecular weight is 311 g/mol. The Morgan fingerprint density at radius 2 is 2.14 bits per heavy atom. The van der Waals surface area contributed by atoms with Gasteiger partial charge in [0.2, 0.25) is 0 Å². The fourth-order valence-corrected chi connectivity index (χ4v) is 2.78. The molecule has 2 rings (SSSR count). The zero-order valence-corrected chi connectivity index (χ0v) is 13.9. The van der Waals surface area contributed by atoms with Crippen molar-refractivity contribution < 1.29 is 4.74 Å². The van der Waals surface area contributed by atoms with Gasteiger partial charge < -0.3 is 10.5 Å². The molecular weight excluding hydrogens is 284 g/mol. The van der Waals surface area contributed by atoms with Gasteiger partial charge in [0.1, 0.15) is 12.4 Å². The number of para-hydroxylation sites is 1. The molecule has 1 aliphatic rings. The number of nitrogens with zero attached hydrogens (tertiary/aromatic N) is 1. The summed E-state index contributed by atoms with van der Waals surface area (Å²) in [5, 5.41) is 0. The number of rotatable bonds is 5. The number of likely N-dealkylation sites (tertiary alicyclic amines) is 1. The lowest BCUT2D eigenvalue weighted by molar-refractivity contribution is 0.0891. The molecule has 0 radical (unpaired) electrons. The van der Waals surface area contributed by atoms with Gasteiger partial charge in [0.25, 0.3) is 0 Å². The van der Waals surface area contributed by atoms with Gasteiger partial charge in [-0.15, -0.1) is 12.4 Å². The van der Waals surface area contributed by atoms with Gasteiger partial charge in [-0.05, 0) is 17.9 Å². The molecule has 0 saturated carbocycles. The first kappa shape index (κ1) is 18.0. The topological polar surface area (TPSA) is 38.5 Å². The highest BCUT2D eigenvalue weighted by molar-refractivity contribution is 5.85. The molecule has 1 heterocycles. The van der Waals surface area contributed by atoms with Crippen molar-refractivity contribution in [2.75, 3.05) is 19.7 Å². The van der Waals surface area contributed by atoms with Crippen LogP contribution in [-0.2, 0) is 6.54 Å². The summed E-state index contributed by atoms with van der Waals surface area (Å²) in [5.41, 5.74) is 7.61. The largest absolute Gasteiger partial charge is 0.489 e. The predicted molar refractivity (Wildman–Crippen MR) is 91.0 cm³/mol. The van der Waals surface area contributed by atoms with Crippen molar-refractivity contribution in [2.24, 2.45) is 11.1 Å². The van der Waals surface area contributed by atoms with Crippen LogP contribution in [0.3, 0.4) is 0 Å². The summed E-state index contributed by atoms with van der Waals surface area (Å²) in [5.74, 6) is 0.958. The number of hydrogen-bond acceptors (Lipinski definition) is 3. The van der Waals surface area contributed by atoms with E-state index >= 15 is 0 Å². The lowest BCUT2D eigenvalue weighted by Crippen LogP contribution is -2.52. The maximum Gasteiger partial charge on any atom is 0.124 e. The molecule has 1 aromatic carbocycles. The first-order valence-corrected chi connectivity index (χ1v) is 7.32. The molecule has 0 amide bonds. The Morgan fingerprint density at radius 1 is 1.43 bits per heavy atom. The van der Waals surface area contributed by atoms with E-state index in [1.807, 2.05) is 12.1 Å². The average Bonchev–Trinajstić information content (AvgIpc) is 2.42. The Labute approximate surface area is 134 Å². The molecule has 0 aromatic heterocycles. The summed E-state index contributed by atoms with van der Waals surface area (Å²) in [6.07, 6.45) is 2.84. The number of ether oxygens (including phenoxy) is 1. The molecule has 0 aliphatic carbocycles. The fourth-order valence-electron chi connectivity index (χ4n) is 2.78. The molecule has 1 unspecified atom stereocenters. The third-order valence-electron chi connectivity index (χ3n) is 4.11. The summed E-state index contributed by atoms with van der Waals surface area (Å²) < 4.78 is 5.73. The van der Waals surface area contributed by atoms with Crippen molar-refractivity contribution in [2.45, 2.75) is 32.9 Å². The second kappa shape index (κ2) is 7.83. The standard InChI is InChI=1S/C17H26N2O.ClH/c1-4-11-20-15-8-6-5-7-14(15)12-19-10-9-16(18)17(2,3)13-19;/h4-8,16H,1,9-13,18H2,2-3H3;1H. The van der Waals surface area contributed by atoms with Gasteiger partial charge in [-0.2, -0.15) is 0 Å². The Hall–Kier alpha value is -1.03. The molecular formula is C17H27ClN2O. The van der Waals surface area contributed by atoms with Crippen molar-refractivity contribution >= 4 is 12.4 Å². The second-order valence-electron chi connectivity index (χ2n) is 6.30. The van der Waals surface area contributed by atoms with Crippen molar-refractivity contribution in [1.82, 2.24) is 4.90 Å². The summed E-state index contributed by atoms with van der Waals surface area (Å²) in [4.78, 5) is 2.47. The third kappa shape index (κ3) is 4.73. The van der Waals surface area contributed by atoms with E-state index in [0.29, 0.717) is 12.6 Å². The van der Waals surface area contributed by atoms with Crippen molar-refractivity contribution in [3.63, 3.8) is 0 Å². The van der Waals surface area contributed by atoms with Gasteiger partial charge in [0, 0.05) is 31.2 Å². The SMILES string of the molecule is C=CCOc1ccccc1CN1CCC(N)C(C)(C)C1.Cl. The molecule has 1 atom stereocenters. The first-order chi connectivity index (χ1) is 9.53. The van der Waals surface area contributed by atoms with Crippen LogP contribution in [-0.4, -0.2) is 30.6 Å². The highest BCUT2D eigenvalue weighted by Gasteiger charge is 2.33. The van der Waals surface area contributed by atoms with Crippen LogP contribution >= 0.6 is 12.4 Å². The maximum atomic E-state index is 6.20. The van der Waals surface area contributed by atoms with Crippen LogP contribution in [0, 0.1) is 5.41 Å². The molecule has 0 bridgehead atoms. The van der Waals surface area contributed by atoms with Gasteiger partial charge in [-0.3, -0.25) is 4.90 Å². The van der Waals surface area contributed by atoms with Crippen LogP contribution in [0.5, 0.6) is 5.75 Å². The van der Waals surface area contributed by atoms with Gasteiger partial charge >= 0.3 is 0 Å². The van der Waals surface area contributed by atoms with Gasteiger partial charge in [0.15, 0.2) is 0 Å². The van der Waals surface area contributed by atoms with E-state index in [-0.39, 0.29) is 17.8 Å². The first-order valence-electron chi connectivity index (χ1n) is 7.32. The minimum atomic E-state index is 0. The monoisotopic (exact) mass is 310 g/mol. The quantitative estimate of drug-likeness (QED) is 0.849. The number of piperidine rings is 1. The van der Waals surface area contributed by atoms with E-state index in [4.69, 9.17) is 10.5 Å². The van der Waals surface area contributed by atoms with Crippen LogP contribution in [0.4, 0.5) is 0 Å². The van der Waals surface area contributed by atoms with E-state index in [1.165, 1.54) is 5.56 Å². The zero-order valence-electron chi connectivity index (χ0n) is 13.0. The second-order valence-corrected chi connectivity index (χ2v) is 6.30. The van der Waals surface area contributed by atoms with Crippen LogP contribution in [0.25, 0.3) is 0 Å². The smallest absolute Gasteiger partial charge is 0.124 e. The molecule has 3 nitrogen and oxygen atoms in total. The molecule has 118 valence electrons. The van der Waals surface area contributed by atoms with Crippen LogP contribution < -0.4 is 10.5 Å². The fraction of sp³-hybridized carbons (Fsp3) is 0.529. The molecule has 1 aliphatic heterocycles. The predicted octanol–water partition coefficient (Wildman–Crippen LogP) is 3.23. The Balaban J connectivity index is 0.00000220. The van der Waals surface area contributed by atoms with Crippen LogP contribution in [0.2, 0.25) is 0 Å². The van der Waals surface area contributed by atoms with Crippen LogP contribution in [0.15, 0.2) is 36.9 Å². The highest BCUT2D eigenvalue weighted by atomic mass is 35.5. The number of nitrogens with two attached hydrogens (primary N) is 1. The van der Waals surface area contributed by atoms with E-state index in [0.717, 1.165) is 31.8 Å². The Morgan fingerprint density at radius 3 is 2.81 bits per heavy atom. The number of benzene rings is 1. The molecule has 1 saturated heterocycles. The Kier molecular flexibility index (Phi) is 6.72. The lowest BCUT2D eigenvalue weighted by Gasteiger charge is -2.42. The van der Waals surface area contributed by atoms with Crippen molar-refractivity contribution in [1.29, 1.82) is 0 Å². The molecule has 1 aromatic rings. The van der Waals surface area contributed by atoms with E-state index in [2.05, 4.69) is 37.5 Å². The minimum absolute atomic E-state index is 0. The molecule has 21 heavy (non-hydrogen) atoms. The molecule has 2 N–H and O–H groups in total. The molecule has 1 fully saturated rings. The summed E-state index contributed by atoms with van der Waals surface area (Å²) in [6, 6.07) is 8.54. The summed E-state index contributed by atoms with van der Waals surface area (Å²) >= 11 is 0. The van der Waals surface area contributed by atoms with Crippen molar-refractivity contribution in [3.8, 4) is 5.75 Å². The van der Waals surface area contributed by atoms with Gasteiger partial charge in [-0.25, -0.2) is 0 Å². The normalized spacial score (nSPS) is 21.4. The minimum Gasteiger partial charge on any atom is -0.489 e.